The highest BCUT2D eigenvalue weighted by atomic mass is 16.5. The summed E-state index contributed by atoms with van der Waals surface area (Å²) in [7, 11) is 0. The quantitative estimate of drug-likeness (QED) is 0.485. The predicted octanol–water partition coefficient (Wildman–Crippen LogP) is 3.94. The highest BCUT2D eigenvalue weighted by molar-refractivity contribution is 5.69. The molecule has 2 heteroatoms. The van der Waals surface area contributed by atoms with Gasteiger partial charge in [0, 0.05) is 6.42 Å². The van der Waals surface area contributed by atoms with Crippen LogP contribution >= 0.6 is 0 Å². The molecule has 94 valence electrons. The van der Waals surface area contributed by atoms with Gasteiger partial charge in [-0.1, -0.05) is 45.4 Å². The zero-order valence-electron chi connectivity index (χ0n) is 10.8. The van der Waals surface area contributed by atoms with E-state index in [1.165, 1.54) is 44.9 Å². The number of unbranched alkanes of at least 4 members (excludes halogenated alkanes) is 2. The molecule has 1 saturated carbocycles. The topological polar surface area (TPSA) is 26.3 Å². The molecule has 0 aromatic carbocycles. The molecule has 1 rings (SSSR count). The molecule has 0 aromatic rings. The van der Waals surface area contributed by atoms with Crippen molar-refractivity contribution in [3.05, 3.63) is 0 Å². The minimum atomic E-state index is 0.00916. The van der Waals surface area contributed by atoms with Crippen LogP contribution in [0.5, 0.6) is 0 Å². The molecular weight excluding hydrogens is 200 g/mol. The van der Waals surface area contributed by atoms with Gasteiger partial charge in [0.05, 0.1) is 6.61 Å². The monoisotopic (exact) mass is 226 g/mol. The lowest BCUT2D eigenvalue weighted by Gasteiger charge is -2.18. The van der Waals surface area contributed by atoms with Gasteiger partial charge in [0.2, 0.25) is 0 Å². The van der Waals surface area contributed by atoms with Crippen LogP contribution in [0.15, 0.2) is 0 Å². The van der Waals surface area contributed by atoms with Crippen LogP contribution < -0.4 is 0 Å². The Morgan fingerprint density at radius 1 is 1.19 bits per heavy atom. The minimum absolute atomic E-state index is 0.00916. The SMILES string of the molecule is CCCCC[C@H]1CCC[C@H]1CC(=O)OCC. The molecule has 0 spiro atoms. The van der Waals surface area contributed by atoms with Crippen LogP contribution in [-0.4, -0.2) is 12.6 Å². The van der Waals surface area contributed by atoms with Gasteiger partial charge in [-0.05, 0) is 25.2 Å². The van der Waals surface area contributed by atoms with Crippen LogP contribution in [0.4, 0.5) is 0 Å². The zero-order valence-corrected chi connectivity index (χ0v) is 10.8. The first-order chi connectivity index (χ1) is 7.77. The van der Waals surface area contributed by atoms with E-state index in [-0.39, 0.29) is 5.97 Å². The second kappa shape index (κ2) is 7.70. The maximum absolute atomic E-state index is 11.5. The lowest BCUT2D eigenvalue weighted by atomic mass is 9.88. The summed E-state index contributed by atoms with van der Waals surface area (Å²) in [6.45, 7) is 4.64. The summed E-state index contributed by atoms with van der Waals surface area (Å²) in [6.07, 6.45) is 9.80. The number of rotatable bonds is 7. The lowest BCUT2D eigenvalue weighted by molar-refractivity contribution is -0.144. The molecule has 0 heterocycles. The Balaban J connectivity index is 2.25. The Morgan fingerprint density at radius 2 is 1.94 bits per heavy atom. The molecule has 0 amide bonds. The van der Waals surface area contributed by atoms with Crippen molar-refractivity contribution < 1.29 is 9.53 Å². The van der Waals surface area contributed by atoms with Crippen LogP contribution in [-0.2, 0) is 9.53 Å². The fraction of sp³-hybridized carbons (Fsp3) is 0.929. The Bertz CT molecular complexity index is 201. The fourth-order valence-corrected chi connectivity index (χ4v) is 2.85. The highest BCUT2D eigenvalue weighted by Crippen LogP contribution is 2.37. The average molecular weight is 226 g/mol. The van der Waals surface area contributed by atoms with Crippen LogP contribution in [0.25, 0.3) is 0 Å². The smallest absolute Gasteiger partial charge is 0.306 e. The predicted molar refractivity (Wildman–Crippen MR) is 66.2 cm³/mol. The first-order valence-electron chi connectivity index (χ1n) is 6.93. The Hall–Kier alpha value is -0.530. The molecule has 0 N–H and O–H groups in total. The Morgan fingerprint density at radius 3 is 2.62 bits per heavy atom. The molecule has 0 aliphatic heterocycles. The van der Waals surface area contributed by atoms with E-state index in [0.29, 0.717) is 18.9 Å². The van der Waals surface area contributed by atoms with Crippen LogP contribution in [0.2, 0.25) is 0 Å². The molecule has 1 aliphatic rings. The fourth-order valence-electron chi connectivity index (χ4n) is 2.85. The van der Waals surface area contributed by atoms with Gasteiger partial charge in [0.25, 0.3) is 0 Å². The van der Waals surface area contributed by atoms with Gasteiger partial charge in [-0.2, -0.15) is 0 Å². The first kappa shape index (κ1) is 13.5. The van der Waals surface area contributed by atoms with Crippen molar-refractivity contribution in [1.29, 1.82) is 0 Å². The number of ether oxygens (including phenoxy) is 1. The van der Waals surface area contributed by atoms with E-state index in [1.54, 1.807) is 0 Å². The summed E-state index contributed by atoms with van der Waals surface area (Å²) in [4.78, 5) is 11.5. The van der Waals surface area contributed by atoms with E-state index in [0.717, 1.165) is 5.92 Å². The minimum Gasteiger partial charge on any atom is -0.466 e. The standard InChI is InChI=1S/C14H26O2/c1-3-5-6-8-12-9-7-10-13(12)11-14(15)16-4-2/h12-13H,3-11H2,1-2H3/t12-,13-/m0/s1. The van der Waals surface area contributed by atoms with Gasteiger partial charge in [0.1, 0.15) is 0 Å². The van der Waals surface area contributed by atoms with E-state index in [1.807, 2.05) is 6.92 Å². The molecule has 2 nitrogen and oxygen atoms in total. The molecule has 0 aromatic heterocycles. The van der Waals surface area contributed by atoms with Crippen molar-refractivity contribution in [2.24, 2.45) is 11.8 Å². The van der Waals surface area contributed by atoms with Crippen LogP contribution in [0, 0.1) is 11.8 Å². The van der Waals surface area contributed by atoms with Gasteiger partial charge in [-0.25, -0.2) is 0 Å². The number of carbonyl (C=O) groups excluding carboxylic acids is 1. The number of carbonyl (C=O) groups is 1. The van der Waals surface area contributed by atoms with E-state index in [2.05, 4.69) is 6.92 Å². The normalized spacial score (nSPS) is 24.6. The molecule has 0 bridgehead atoms. The van der Waals surface area contributed by atoms with E-state index in [4.69, 9.17) is 4.74 Å². The third-order valence-electron chi connectivity index (χ3n) is 3.73. The molecular formula is C14H26O2. The van der Waals surface area contributed by atoms with E-state index < -0.39 is 0 Å². The molecule has 1 aliphatic carbocycles. The van der Waals surface area contributed by atoms with Crippen molar-refractivity contribution in [2.75, 3.05) is 6.61 Å². The van der Waals surface area contributed by atoms with Crippen molar-refractivity contribution in [1.82, 2.24) is 0 Å². The number of hydrogen-bond acceptors (Lipinski definition) is 2. The average Bonchev–Trinajstić information content (AvgIpc) is 2.66. The third-order valence-corrected chi connectivity index (χ3v) is 3.73. The molecule has 1 fully saturated rings. The van der Waals surface area contributed by atoms with Crippen molar-refractivity contribution in [3.63, 3.8) is 0 Å². The van der Waals surface area contributed by atoms with Gasteiger partial charge in [-0.15, -0.1) is 0 Å². The maximum atomic E-state index is 11.5. The second-order valence-corrected chi connectivity index (χ2v) is 4.96. The largest absolute Gasteiger partial charge is 0.466 e. The number of hydrogen-bond donors (Lipinski definition) is 0. The van der Waals surface area contributed by atoms with Gasteiger partial charge in [0.15, 0.2) is 0 Å². The molecule has 0 radical (unpaired) electrons. The first-order valence-corrected chi connectivity index (χ1v) is 6.93. The highest BCUT2D eigenvalue weighted by Gasteiger charge is 2.28. The van der Waals surface area contributed by atoms with Gasteiger partial charge >= 0.3 is 5.97 Å². The summed E-state index contributed by atoms with van der Waals surface area (Å²) in [5.74, 6) is 1.40. The van der Waals surface area contributed by atoms with Gasteiger partial charge < -0.3 is 4.74 Å². The molecule has 0 saturated heterocycles. The van der Waals surface area contributed by atoms with Crippen molar-refractivity contribution in [3.8, 4) is 0 Å². The Kier molecular flexibility index (Phi) is 6.51. The summed E-state index contributed by atoms with van der Waals surface area (Å²) >= 11 is 0. The summed E-state index contributed by atoms with van der Waals surface area (Å²) in [5, 5.41) is 0. The molecule has 0 unspecified atom stereocenters. The number of esters is 1. The van der Waals surface area contributed by atoms with Crippen LogP contribution in [0.1, 0.15) is 65.2 Å². The second-order valence-electron chi connectivity index (χ2n) is 4.96. The van der Waals surface area contributed by atoms with Gasteiger partial charge in [-0.3, -0.25) is 4.79 Å². The third kappa shape index (κ3) is 4.54. The van der Waals surface area contributed by atoms with Crippen molar-refractivity contribution in [2.45, 2.75) is 65.2 Å². The zero-order chi connectivity index (χ0) is 11.8. The Labute approximate surface area is 99.8 Å². The lowest BCUT2D eigenvalue weighted by Crippen LogP contribution is -2.15. The van der Waals surface area contributed by atoms with E-state index in [9.17, 15) is 4.79 Å². The van der Waals surface area contributed by atoms with Crippen molar-refractivity contribution >= 4 is 5.97 Å². The van der Waals surface area contributed by atoms with Crippen LogP contribution in [0.3, 0.4) is 0 Å². The summed E-state index contributed by atoms with van der Waals surface area (Å²) in [5.41, 5.74) is 0. The van der Waals surface area contributed by atoms with E-state index >= 15 is 0 Å². The summed E-state index contributed by atoms with van der Waals surface area (Å²) in [6, 6.07) is 0. The molecule has 16 heavy (non-hydrogen) atoms. The summed E-state index contributed by atoms with van der Waals surface area (Å²) < 4.78 is 5.04. The molecule has 2 atom stereocenters. The maximum Gasteiger partial charge on any atom is 0.306 e.